The van der Waals surface area contributed by atoms with Crippen molar-refractivity contribution in [3.8, 4) is 0 Å². The average Bonchev–Trinajstić information content (AvgIpc) is 2.80. The van der Waals surface area contributed by atoms with E-state index in [1.54, 1.807) is 0 Å². The molecule has 2 aliphatic rings. The molecule has 2 saturated heterocycles. The zero-order valence-corrected chi connectivity index (χ0v) is 19.6. The molecule has 5 nitrogen and oxygen atoms in total. The molecule has 0 aromatic heterocycles. The minimum absolute atomic E-state index is 0.0805. The number of hydrogen-bond donors (Lipinski definition) is 1. The number of carbonyl (C=O) groups excluding carboxylic acids is 2. The molecule has 32 heavy (non-hydrogen) atoms. The smallest absolute Gasteiger partial charge is 0.256 e. The molecule has 0 unspecified atom stereocenters. The Morgan fingerprint density at radius 2 is 1.44 bits per heavy atom. The van der Waals surface area contributed by atoms with E-state index in [1.165, 1.54) is 0 Å². The Morgan fingerprint density at radius 1 is 0.844 bits per heavy atom. The summed E-state index contributed by atoms with van der Waals surface area (Å²) < 4.78 is 0. The molecule has 0 bridgehead atoms. The summed E-state index contributed by atoms with van der Waals surface area (Å²) >= 11 is 0. The molecule has 0 radical (unpaired) electrons. The molecule has 2 heterocycles. The van der Waals surface area contributed by atoms with E-state index in [0.29, 0.717) is 22.7 Å². The second-order valence-corrected chi connectivity index (χ2v) is 9.70. The predicted molar refractivity (Wildman–Crippen MR) is 130 cm³/mol. The van der Waals surface area contributed by atoms with Crippen molar-refractivity contribution in [3.63, 3.8) is 0 Å². The van der Waals surface area contributed by atoms with Crippen LogP contribution < -0.4 is 10.2 Å². The number of hydrogen-bond acceptors (Lipinski definition) is 3. The zero-order valence-electron chi connectivity index (χ0n) is 19.6. The van der Waals surface area contributed by atoms with Gasteiger partial charge < -0.3 is 15.1 Å². The molecule has 170 valence electrons. The van der Waals surface area contributed by atoms with Gasteiger partial charge in [-0.15, -0.1) is 0 Å². The second-order valence-electron chi connectivity index (χ2n) is 9.70. The van der Waals surface area contributed by atoms with E-state index >= 15 is 0 Å². The minimum atomic E-state index is -0.158. The van der Waals surface area contributed by atoms with Crippen LogP contribution in [0.25, 0.3) is 0 Å². The van der Waals surface area contributed by atoms with Crippen molar-refractivity contribution in [2.45, 2.75) is 46.5 Å². The van der Waals surface area contributed by atoms with Gasteiger partial charge in [0.1, 0.15) is 0 Å². The lowest BCUT2D eigenvalue weighted by molar-refractivity contribution is 0.0697. The normalized spacial score (nSPS) is 18.0. The maximum atomic E-state index is 13.6. The molecule has 0 saturated carbocycles. The standard InChI is InChI=1S/C27H35N3O2/c1-19-4-6-22(7-5-19)26(31)28-23-8-9-25(29-14-10-20(2)11-15-29)24(18-23)27(32)30-16-12-21(3)13-17-30/h4-9,18,20-21H,10-17H2,1-3H3,(H,28,31). The number of nitrogens with one attached hydrogen (secondary N) is 1. The Kier molecular flexibility index (Phi) is 6.83. The fourth-order valence-corrected chi connectivity index (χ4v) is 4.60. The summed E-state index contributed by atoms with van der Waals surface area (Å²) in [6.45, 7) is 10.1. The summed E-state index contributed by atoms with van der Waals surface area (Å²) in [6.07, 6.45) is 4.37. The Bertz CT molecular complexity index is 953. The van der Waals surface area contributed by atoms with Crippen LogP contribution >= 0.6 is 0 Å². The maximum absolute atomic E-state index is 13.6. The van der Waals surface area contributed by atoms with Gasteiger partial charge in [0.05, 0.1) is 5.56 Å². The Balaban J connectivity index is 1.60. The van der Waals surface area contributed by atoms with Crippen molar-refractivity contribution in [1.29, 1.82) is 0 Å². The van der Waals surface area contributed by atoms with Crippen LogP contribution in [0.2, 0.25) is 0 Å². The van der Waals surface area contributed by atoms with Crippen molar-refractivity contribution >= 4 is 23.2 Å². The van der Waals surface area contributed by atoms with Gasteiger partial charge in [0.15, 0.2) is 0 Å². The average molecular weight is 434 g/mol. The van der Waals surface area contributed by atoms with Crippen LogP contribution in [0.4, 0.5) is 11.4 Å². The summed E-state index contributed by atoms with van der Waals surface area (Å²) in [7, 11) is 0. The van der Waals surface area contributed by atoms with Gasteiger partial charge in [-0.2, -0.15) is 0 Å². The van der Waals surface area contributed by atoms with Crippen molar-refractivity contribution in [3.05, 3.63) is 59.2 Å². The van der Waals surface area contributed by atoms with Crippen LogP contribution in [-0.2, 0) is 0 Å². The highest BCUT2D eigenvalue weighted by molar-refractivity contribution is 6.06. The monoisotopic (exact) mass is 433 g/mol. The zero-order chi connectivity index (χ0) is 22.7. The molecule has 2 amide bonds. The van der Waals surface area contributed by atoms with E-state index in [0.717, 1.165) is 69.0 Å². The number of piperidine rings is 2. The van der Waals surface area contributed by atoms with Gasteiger partial charge in [0.2, 0.25) is 0 Å². The third kappa shape index (κ3) is 5.14. The van der Waals surface area contributed by atoms with Crippen molar-refractivity contribution in [2.24, 2.45) is 11.8 Å². The molecular formula is C27H35N3O2. The van der Waals surface area contributed by atoms with Gasteiger partial charge in [-0.3, -0.25) is 9.59 Å². The van der Waals surface area contributed by atoms with Gasteiger partial charge in [-0.05, 0) is 74.8 Å². The van der Waals surface area contributed by atoms with E-state index in [2.05, 4.69) is 24.1 Å². The summed E-state index contributed by atoms with van der Waals surface area (Å²) in [5.74, 6) is 1.32. The van der Waals surface area contributed by atoms with E-state index < -0.39 is 0 Å². The van der Waals surface area contributed by atoms with Gasteiger partial charge in [-0.25, -0.2) is 0 Å². The topological polar surface area (TPSA) is 52.7 Å². The van der Waals surface area contributed by atoms with Crippen molar-refractivity contribution < 1.29 is 9.59 Å². The number of rotatable bonds is 4. The van der Waals surface area contributed by atoms with Crippen LogP contribution in [0.3, 0.4) is 0 Å². The number of nitrogens with zero attached hydrogens (tertiary/aromatic N) is 2. The molecule has 0 atom stereocenters. The van der Waals surface area contributed by atoms with Crippen molar-refractivity contribution in [1.82, 2.24) is 4.90 Å². The third-order valence-electron chi connectivity index (χ3n) is 6.99. The van der Waals surface area contributed by atoms with Crippen LogP contribution in [0.5, 0.6) is 0 Å². The fraction of sp³-hybridized carbons (Fsp3) is 0.481. The third-order valence-corrected chi connectivity index (χ3v) is 6.99. The van der Waals surface area contributed by atoms with Gasteiger partial charge in [0.25, 0.3) is 11.8 Å². The summed E-state index contributed by atoms with van der Waals surface area (Å²) in [5.41, 5.74) is 4.09. The molecule has 1 N–H and O–H groups in total. The summed E-state index contributed by atoms with van der Waals surface area (Å²) in [4.78, 5) is 30.6. The lowest BCUT2D eigenvalue weighted by atomic mass is 9.96. The predicted octanol–water partition coefficient (Wildman–Crippen LogP) is 5.36. The Hall–Kier alpha value is -2.82. The summed E-state index contributed by atoms with van der Waals surface area (Å²) in [6, 6.07) is 13.3. The number of amides is 2. The first-order chi connectivity index (χ1) is 15.4. The first-order valence-electron chi connectivity index (χ1n) is 12.0. The number of anilines is 2. The largest absolute Gasteiger partial charge is 0.371 e. The highest BCUT2D eigenvalue weighted by atomic mass is 16.2. The quantitative estimate of drug-likeness (QED) is 0.707. The first kappa shape index (κ1) is 22.4. The highest BCUT2D eigenvalue weighted by Gasteiger charge is 2.27. The second kappa shape index (κ2) is 9.76. The Labute approximate surface area is 191 Å². The minimum Gasteiger partial charge on any atom is -0.371 e. The molecule has 2 aromatic rings. The molecular weight excluding hydrogens is 398 g/mol. The number of likely N-dealkylation sites (tertiary alicyclic amines) is 1. The fourth-order valence-electron chi connectivity index (χ4n) is 4.60. The van der Waals surface area contributed by atoms with Crippen LogP contribution in [-0.4, -0.2) is 42.9 Å². The Morgan fingerprint density at radius 3 is 2.06 bits per heavy atom. The molecule has 2 fully saturated rings. The van der Waals surface area contributed by atoms with Crippen LogP contribution in [0, 0.1) is 18.8 Å². The molecule has 5 heteroatoms. The molecule has 2 aromatic carbocycles. The lowest BCUT2D eigenvalue weighted by Gasteiger charge is -2.35. The molecule has 2 aliphatic heterocycles. The number of benzene rings is 2. The molecule has 4 rings (SSSR count). The number of carbonyl (C=O) groups is 2. The van der Waals surface area contributed by atoms with Crippen molar-refractivity contribution in [2.75, 3.05) is 36.4 Å². The van der Waals surface area contributed by atoms with E-state index in [1.807, 2.05) is 54.3 Å². The molecule has 0 spiro atoms. The van der Waals surface area contributed by atoms with E-state index in [9.17, 15) is 9.59 Å². The van der Waals surface area contributed by atoms with E-state index in [4.69, 9.17) is 0 Å². The van der Waals surface area contributed by atoms with Gasteiger partial charge >= 0.3 is 0 Å². The highest BCUT2D eigenvalue weighted by Crippen LogP contribution is 2.31. The van der Waals surface area contributed by atoms with Crippen LogP contribution in [0.1, 0.15) is 65.8 Å². The molecule has 0 aliphatic carbocycles. The lowest BCUT2D eigenvalue weighted by Crippen LogP contribution is -2.40. The summed E-state index contributed by atoms with van der Waals surface area (Å²) in [5, 5.41) is 2.99. The van der Waals surface area contributed by atoms with Gasteiger partial charge in [-0.1, -0.05) is 31.5 Å². The van der Waals surface area contributed by atoms with Gasteiger partial charge in [0, 0.05) is 43.1 Å². The van der Waals surface area contributed by atoms with E-state index in [-0.39, 0.29) is 11.8 Å². The maximum Gasteiger partial charge on any atom is 0.256 e. The SMILES string of the molecule is Cc1ccc(C(=O)Nc2ccc(N3CCC(C)CC3)c(C(=O)N3CCC(C)CC3)c2)cc1. The van der Waals surface area contributed by atoms with Crippen LogP contribution in [0.15, 0.2) is 42.5 Å². The first-order valence-corrected chi connectivity index (χ1v) is 12.0. The number of aryl methyl sites for hydroxylation is 1.